The number of piperidine rings is 1. The SMILES string of the molecule is CN=C(NCCCN1CCCCC1C)NCCNC(=O)CC1CCCCC1.I. The number of aliphatic imine (C=N–C) groups is 1. The summed E-state index contributed by atoms with van der Waals surface area (Å²) in [5.41, 5.74) is 0. The molecule has 1 aliphatic heterocycles. The van der Waals surface area contributed by atoms with Gasteiger partial charge < -0.3 is 20.9 Å². The molecule has 164 valence electrons. The van der Waals surface area contributed by atoms with Crippen molar-refractivity contribution in [1.29, 1.82) is 0 Å². The first-order valence-electron chi connectivity index (χ1n) is 11.1. The summed E-state index contributed by atoms with van der Waals surface area (Å²) in [5, 5.41) is 9.70. The number of hydrogen-bond acceptors (Lipinski definition) is 3. The van der Waals surface area contributed by atoms with Crippen LogP contribution in [0.15, 0.2) is 4.99 Å². The quantitative estimate of drug-likeness (QED) is 0.194. The van der Waals surface area contributed by atoms with E-state index >= 15 is 0 Å². The van der Waals surface area contributed by atoms with E-state index in [1.165, 1.54) is 57.9 Å². The molecule has 3 N–H and O–H groups in total. The third-order valence-electron chi connectivity index (χ3n) is 6.02. The molecule has 0 radical (unpaired) electrons. The molecule has 2 rings (SSSR count). The second kappa shape index (κ2) is 15.3. The number of halogens is 1. The van der Waals surface area contributed by atoms with Crippen LogP contribution in [0.2, 0.25) is 0 Å². The summed E-state index contributed by atoms with van der Waals surface area (Å²) in [6.07, 6.45) is 12.2. The Morgan fingerprint density at radius 3 is 2.36 bits per heavy atom. The Bertz CT molecular complexity index is 454. The Morgan fingerprint density at radius 2 is 1.64 bits per heavy atom. The molecule has 0 aromatic carbocycles. The van der Waals surface area contributed by atoms with Gasteiger partial charge >= 0.3 is 0 Å². The van der Waals surface area contributed by atoms with Gasteiger partial charge in [0.15, 0.2) is 5.96 Å². The van der Waals surface area contributed by atoms with Crippen molar-refractivity contribution in [3.8, 4) is 0 Å². The van der Waals surface area contributed by atoms with E-state index in [9.17, 15) is 4.79 Å². The highest BCUT2D eigenvalue weighted by molar-refractivity contribution is 14.0. The molecule has 1 atom stereocenters. The van der Waals surface area contributed by atoms with Gasteiger partial charge in [-0.05, 0) is 51.5 Å². The highest BCUT2D eigenvalue weighted by Gasteiger charge is 2.17. The number of hydrogen-bond donors (Lipinski definition) is 3. The number of guanidine groups is 1. The van der Waals surface area contributed by atoms with E-state index < -0.39 is 0 Å². The Labute approximate surface area is 189 Å². The lowest BCUT2D eigenvalue weighted by molar-refractivity contribution is -0.122. The summed E-state index contributed by atoms with van der Waals surface area (Å²) in [5.74, 6) is 1.62. The molecule has 0 spiro atoms. The molecule has 1 amide bonds. The summed E-state index contributed by atoms with van der Waals surface area (Å²) in [6.45, 7) is 7.03. The predicted molar refractivity (Wildman–Crippen MR) is 128 cm³/mol. The number of rotatable bonds is 9. The van der Waals surface area contributed by atoms with Gasteiger partial charge in [0.25, 0.3) is 0 Å². The van der Waals surface area contributed by atoms with E-state index in [-0.39, 0.29) is 29.9 Å². The van der Waals surface area contributed by atoms with Crippen molar-refractivity contribution in [2.75, 3.05) is 39.8 Å². The van der Waals surface area contributed by atoms with Gasteiger partial charge in [0.1, 0.15) is 0 Å². The molecule has 0 bridgehead atoms. The van der Waals surface area contributed by atoms with E-state index in [1.54, 1.807) is 7.05 Å². The van der Waals surface area contributed by atoms with Crippen molar-refractivity contribution in [1.82, 2.24) is 20.9 Å². The van der Waals surface area contributed by atoms with Crippen LogP contribution >= 0.6 is 24.0 Å². The first-order valence-corrected chi connectivity index (χ1v) is 11.1. The molecule has 0 aromatic heterocycles. The fraction of sp³-hybridized carbons (Fsp3) is 0.905. The predicted octanol–water partition coefficient (Wildman–Crippen LogP) is 3.12. The van der Waals surface area contributed by atoms with Crippen molar-refractivity contribution in [3.05, 3.63) is 0 Å². The normalized spacial score (nSPS) is 21.6. The number of likely N-dealkylation sites (tertiary alicyclic amines) is 1. The van der Waals surface area contributed by atoms with Gasteiger partial charge in [-0.2, -0.15) is 0 Å². The maximum atomic E-state index is 12.0. The number of nitrogens with zero attached hydrogens (tertiary/aromatic N) is 2. The van der Waals surface area contributed by atoms with Gasteiger partial charge in [0.05, 0.1) is 0 Å². The van der Waals surface area contributed by atoms with Crippen molar-refractivity contribution in [2.45, 2.75) is 77.2 Å². The molecule has 1 unspecified atom stereocenters. The van der Waals surface area contributed by atoms with Crippen LogP contribution in [0.5, 0.6) is 0 Å². The second-order valence-corrected chi connectivity index (χ2v) is 8.22. The molecule has 1 saturated carbocycles. The zero-order valence-corrected chi connectivity index (χ0v) is 20.3. The van der Waals surface area contributed by atoms with E-state index in [1.807, 2.05) is 0 Å². The van der Waals surface area contributed by atoms with Crippen molar-refractivity contribution in [2.24, 2.45) is 10.9 Å². The third kappa shape index (κ3) is 10.3. The molecular weight excluding hydrogens is 465 g/mol. The average molecular weight is 508 g/mol. The molecule has 2 aliphatic rings. The number of nitrogens with one attached hydrogen (secondary N) is 3. The maximum absolute atomic E-state index is 12.0. The molecular formula is C21H42IN5O. The van der Waals surface area contributed by atoms with Crippen LogP contribution < -0.4 is 16.0 Å². The summed E-state index contributed by atoms with van der Waals surface area (Å²) < 4.78 is 0. The van der Waals surface area contributed by atoms with Gasteiger partial charge in [0.2, 0.25) is 5.91 Å². The second-order valence-electron chi connectivity index (χ2n) is 8.22. The van der Waals surface area contributed by atoms with Crippen LogP contribution in [0.3, 0.4) is 0 Å². The summed E-state index contributed by atoms with van der Waals surface area (Å²) in [6, 6.07) is 0.730. The fourth-order valence-corrected chi connectivity index (χ4v) is 4.31. The van der Waals surface area contributed by atoms with Crippen LogP contribution in [-0.4, -0.2) is 62.6 Å². The van der Waals surface area contributed by atoms with Gasteiger partial charge in [0, 0.05) is 45.7 Å². The van der Waals surface area contributed by atoms with E-state index in [4.69, 9.17) is 0 Å². The molecule has 28 heavy (non-hydrogen) atoms. The molecule has 6 nitrogen and oxygen atoms in total. The van der Waals surface area contributed by atoms with Crippen molar-refractivity contribution >= 4 is 35.8 Å². The largest absolute Gasteiger partial charge is 0.356 e. The first kappa shape index (κ1) is 25.5. The zero-order chi connectivity index (χ0) is 19.3. The van der Waals surface area contributed by atoms with E-state index in [0.29, 0.717) is 25.4 Å². The van der Waals surface area contributed by atoms with E-state index in [0.717, 1.165) is 31.5 Å². The lowest BCUT2D eigenvalue weighted by atomic mass is 9.87. The van der Waals surface area contributed by atoms with Gasteiger partial charge in [-0.15, -0.1) is 24.0 Å². The van der Waals surface area contributed by atoms with Crippen molar-refractivity contribution < 1.29 is 4.79 Å². The number of amides is 1. The van der Waals surface area contributed by atoms with Gasteiger partial charge in [-0.1, -0.05) is 25.7 Å². The van der Waals surface area contributed by atoms with Crippen LogP contribution in [-0.2, 0) is 4.79 Å². The molecule has 1 saturated heterocycles. The summed E-state index contributed by atoms with van der Waals surface area (Å²) >= 11 is 0. The molecule has 2 fully saturated rings. The summed E-state index contributed by atoms with van der Waals surface area (Å²) in [4.78, 5) is 18.9. The Balaban J connectivity index is 0.00000392. The smallest absolute Gasteiger partial charge is 0.220 e. The first-order chi connectivity index (χ1) is 13.2. The van der Waals surface area contributed by atoms with Gasteiger partial charge in [-0.3, -0.25) is 9.79 Å². The monoisotopic (exact) mass is 507 g/mol. The van der Waals surface area contributed by atoms with E-state index in [2.05, 4.69) is 32.8 Å². The van der Waals surface area contributed by atoms with Crippen molar-refractivity contribution in [3.63, 3.8) is 0 Å². The average Bonchev–Trinajstić information content (AvgIpc) is 2.68. The topological polar surface area (TPSA) is 68.8 Å². The Hall–Kier alpha value is -0.570. The standard InChI is InChI=1S/C21H41N5O.HI/c1-18-9-6-7-15-26(18)16-8-12-24-21(22-2)25-14-13-23-20(27)17-19-10-4-3-5-11-19;/h18-19H,3-17H2,1-2H3,(H,23,27)(H2,22,24,25);1H. The number of carbonyl (C=O) groups is 1. The minimum absolute atomic E-state index is 0. The maximum Gasteiger partial charge on any atom is 0.220 e. The Kier molecular flexibility index (Phi) is 13.9. The highest BCUT2D eigenvalue weighted by Crippen LogP contribution is 2.25. The van der Waals surface area contributed by atoms with Crippen LogP contribution in [0.4, 0.5) is 0 Å². The summed E-state index contributed by atoms with van der Waals surface area (Å²) in [7, 11) is 1.80. The zero-order valence-electron chi connectivity index (χ0n) is 18.0. The van der Waals surface area contributed by atoms with Gasteiger partial charge in [-0.25, -0.2) is 0 Å². The number of carbonyl (C=O) groups excluding carboxylic acids is 1. The van der Waals surface area contributed by atoms with Crippen LogP contribution in [0.25, 0.3) is 0 Å². The van der Waals surface area contributed by atoms with Crippen LogP contribution in [0, 0.1) is 5.92 Å². The fourth-order valence-electron chi connectivity index (χ4n) is 4.31. The van der Waals surface area contributed by atoms with Crippen LogP contribution in [0.1, 0.15) is 71.1 Å². The molecule has 1 heterocycles. The highest BCUT2D eigenvalue weighted by atomic mass is 127. The lowest BCUT2D eigenvalue weighted by Gasteiger charge is -2.33. The minimum atomic E-state index is 0. The molecule has 7 heteroatoms. The third-order valence-corrected chi connectivity index (χ3v) is 6.02. The molecule has 0 aromatic rings. The lowest BCUT2D eigenvalue weighted by Crippen LogP contribution is -2.43. The minimum Gasteiger partial charge on any atom is -0.356 e. The molecule has 1 aliphatic carbocycles. The Morgan fingerprint density at radius 1 is 0.964 bits per heavy atom.